The lowest BCUT2D eigenvalue weighted by molar-refractivity contribution is 0.106. The van der Waals surface area contributed by atoms with E-state index in [0.29, 0.717) is 13.0 Å². The van der Waals surface area contributed by atoms with Crippen molar-refractivity contribution in [3.8, 4) is 0 Å². The maximum absolute atomic E-state index is 11.9. The fourth-order valence-electron chi connectivity index (χ4n) is 4.66. The highest BCUT2D eigenvalue weighted by molar-refractivity contribution is 7.12. The molecule has 0 fully saturated rings. The number of amides is 1. The molecule has 1 heterocycles. The number of aliphatic hydroxyl groups is 1. The first-order valence-electron chi connectivity index (χ1n) is 11.9. The molecule has 3 N–H and O–H groups in total. The maximum Gasteiger partial charge on any atom is 0.407 e. The van der Waals surface area contributed by atoms with Crippen molar-refractivity contribution in [3.05, 3.63) is 57.3 Å². The van der Waals surface area contributed by atoms with E-state index in [2.05, 4.69) is 51.3 Å². The lowest BCUT2D eigenvalue weighted by atomic mass is 9.75. The molecule has 0 radical (unpaired) electrons. The lowest BCUT2D eigenvalue weighted by Gasteiger charge is -2.36. The number of hydrogen-bond acceptors (Lipinski definition) is 5. The van der Waals surface area contributed by atoms with Crippen molar-refractivity contribution < 1.29 is 14.6 Å². The number of fused-ring (bicyclic) bond motifs is 1. The van der Waals surface area contributed by atoms with Crippen LogP contribution in [-0.4, -0.2) is 37.0 Å². The van der Waals surface area contributed by atoms with Gasteiger partial charge in [0.05, 0.1) is 19.3 Å². The summed E-state index contributed by atoms with van der Waals surface area (Å²) >= 11 is 1.95. The van der Waals surface area contributed by atoms with Crippen LogP contribution in [0.5, 0.6) is 0 Å². The van der Waals surface area contributed by atoms with Crippen LogP contribution in [0.2, 0.25) is 0 Å². The Balaban J connectivity index is 1.72. The molecule has 1 aromatic heterocycles. The first-order valence-corrected chi connectivity index (χ1v) is 12.7. The summed E-state index contributed by atoms with van der Waals surface area (Å²) in [6.45, 7) is 11.9. The van der Waals surface area contributed by atoms with Gasteiger partial charge < -0.3 is 20.5 Å². The van der Waals surface area contributed by atoms with E-state index in [4.69, 9.17) is 4.74 Å². The number of aliphatic hydroxyl groups excluding tert-OH is 1. The van der Waals surface area contributed by atoms with Crippen LogP contribution in [0.15, 0.2) is 36.4 Å². The Morgan fingerprint density at radius 3 is 2.61 bits per heavy atom. The number of hydrogen-bond donors (Lipinski definition) is 3. The molecule has 3 rings (SSSR count). The quantitative estimate of drug-likeness (QED) is 0.490. The van der Waals surface area contributed by atoms with Gasteiger partial charge in [-0.15, -0.1) is 11.3 Å². The van der Waals surface area contributed by atoms with Crippen LogP contribution in [0.1, 0.15) is 68.0 Å². The standard InChI is InChI=1S/C27H40N2O3S/c1-26(2,3)14-19-13-20-22(15-27(4,5)16-24(20)33-19)28-17-23(30)21(29-25(31)32-6)12-18-10-8-7-9-11-18/h7-11,13,21-23,28,30H,12,14-17H2,1-6H3,(H,29,31)/t21-,22-,23+/m0/s1. The van der Waals surface area contributed by atoms with Gasteiger partial charge in [0.1, 0.15) is 0 Å². The fraction of sp³-hybridized carbons (Fsp3) is 0.593. The van der Waals surface area contributed by atoms with Gasteiger partial charge in [-0.25, -0.2) is 4.79 Å². The monoisotopic (exact) mass is 472 g/mol. The van der Waals surface area contributed by atoms with Crippen LogP contribution in [0.3, 0.4) is 0 Å². The molecule has 0 saturated heterocycles. The van der Waals surface area contributed by atoms with Crippen molar-refractivity contribution in [2.75, 3.05) is 13.7 Å². The first-order chi connectivity index (χ1) is 15.5. The zero-order valence-corrected chi connectivity index (χ0v) is 21.7. The van der Waals surface area contributed by atoms with Crippen molar-refractivity contribution in [2.24, 2.45) is 10.8 Å². The topological polar surface area (TPSA) is 70.6 Å². The number of alkyl carbamates (subject to hydrolysis) is 1. The van der Waals surface area contributed by atoms with E-state index in [1.54, 1.807) is 0 Å². The van der Waals surface area contributed by atoms with E-state index in [9.17, 15) is 9.90 Å². The molecule has 0 spiro atoms. The van der Waals surface area contributed by atoms with Crippen molar-refractivity contribution in [2.45, 2.75) is 78.5 Å². The van der Waals surface area contributed by atoms with Gasteiger partial charge in [-0.1, -0.05) is 65.0 Å². The summed E-state index contributed by atoms with van der Waals surface area (Å²) in [5, 5.41) is 17.5. The zero-order chi connectivity index (χ0) is 24.2. The Kier molecular flexibility index (Phi) is 8.25. The molecular formula is C27H40N2O3S. The predicted molar refractivity (Wildman–Crippen MR) is 136 cm³/mol. The molecule has 0 unspecified atom stereocenters. The number of carbonyl (C=O) groups is 1. The fourth-order valence-corrected chi connectivity index (χ4v) is 6.45. The minimum atomic E-state index is -0.745. The van der Waals surface area contributed by atoms with Crippen LogP contribution >= 0.6 is 11.3 Å². The van der Waals surface area contributed by atoms with Crippen molar-refractivity contribution in [1.29, 1.82) is 0 Å². The van der Waals surface area contributed by atoms with E-state index < -0.39 is 18.2 Å². The van der Waals surface area contributed by atoms with Gasteiger partial charge in [0.15, 0.2) is 0 Å². The van der Waals surface area contributed by atoms with Gasteiger partial charge in [0.2, 0.25) is 0 Å². The highest BCUT2D eigenvalue weighted by Gasteiger charge is 2.35. The number of ether oxygens (including phenoxy) is 1. The average molecular weight is 473 g/mol. The normalized spacial score (nSPS) is 19.4. The van der Waals surface area contributed by atoms with E-state index in [-0.39, 0.29) is 16.9 Å². The molecule has 1 aromatic carbocycles. The minimum Gasteiger partial charge on any atom is -0.453 e. The smallest absolute Gasteiger partial charge is 0.407 e. The molecule has 0 bridgehead atoms. The predicted octanol–water partition coefficient (Wildman–Crippen LogP) is 5.27. The molecule has 0 aliphatic heterocycles. The van der Waals surface area contributed by atoms with Gasteiger partial charge in [-0.05, 0) is 53.7 Å². The summed E-state index contributed by atoms with van der Waals surface area (Å²) in [4.78, 5) is 14.8. The third-order valence-corrected chi connectivity index (χ3v) is 7.34. The third-order valence-electron chi connectivity index (χ3n) is 6.19. The van der Waals surface area contributed by atoms with Crippen molar-refractivity contribution >= 4 is 17.4 Å². The minimum absolute atomic E-state index is 0.193. The summed E-state index contributed by atoms with van der Waals surface area (Å²) in [5.41, 5.74) is 2.90. The highest BCUT2D eigenvalue weighted by atomic mass is 32.1. The molecular weight excluding hydrogens is 432 g/mol. The van der Waals surface area contributed by atoms with Gasteiger partial charge in [-0.2, -0.15) is 0 Å². The van der Waals surface area contributed by atoms with E-state index >= 15 is 0 Å². The molecule has 1 amide bonds. The number of benzene rings is 1. The number of rotatable bonds is 8. The Bertz CT molecular complexity index is 917. The summed E-state index contributed by atoms with van der Waals surface area (Å²) < 4.78 is 4.80. The molecule has 5 nitrogen and oxygen atoms in total. The van der Waals surface area contributed by atoms with Crippen molar-refractivity contribution in [3.63, 3.8) is 0 Å². The summed E-state index contributed by atoms with van der Waals surface area (Å²) in [6, 6.07) is 12.0. The summed E-state index contributed by atoms with van der Waals surface area (Å²) in [6.07, 6.45) is 2.45. The Morgan fingerprint density at radius 2 is 1.97 bits per heavy atom. The Hall–Kier alpha value is -1.89. The molecule has 0 saturated carbocycles. The molecule has 2 aromatic rings. The SMILES string of the molecule is COC(=O)N[C@@H](Cc1ccccc1)[C@H](O)CN[C@H]1CC(C)(C)Cc2sc(CC(C)(C)C)cc21. The van der Waals surface area contributed by atoms with Gasteiger partial charge in [0.25, 0.3) is 0 Å². The number of methoxy groups -OCH3 is 1. The first kappa shape index (κ1) is 25.7. The molecule has 33 heavy (non-hydrogen) atoms. The maximum atomic E-state index is 11.9. The van der Waals surface area contributed by atoms with Crippen LogP contribution in [0, 0.1) is 10.8 Å². The molecule has 182 valence electrons. The second kappa shape index (κ2) is 10.6. The van der Waals surface area contributed by atoms with Gasteiger partial charge in [-0.3, -0.25) is 0 Å². The number of thiophene rings is 1. The van der Waals surface area contributed by atoms with E-state index in [0.717, 1.165) is 24.8 Å². The molecule has 3 atom stereocenters. The Morgan fingerprint density at radius 1 is 1.27 bits per heavy atom. The van der Waals surface area contributed by atoms with Gasteiger partial charge in [0, 0.05) is 22.3 Å². The van der Waals surface area contributed by atoms with Crippen LogP contribution < -0.4 is 10.6 Å². The largest absolute Gasteiger partial charge is 0.453 e. The second-order valence-corrected chi connectivity index (χ2v) is 12.6. The molecule has 6 heteroatoms. The van der Waals surface area contributed by atoms with E-state index in [1.165, 1.54) is 22.4 Å². The molecule has 1 aliphatic carbocycles. The lowest BCUT2D eigenvalue weighted by Crippen LogP contribution is -2.49. The average Bonchev–Trinajstić information content (AvgIpc) is 3.11. The summed E-state index contributed by atoms with van der Waals surface area (Å²) in [7, 11) is 1.34. The van der Waals surface area contributed by atoms with Crippen LogP contribution in [0.4, 0.5) is 4.79 Å². The highest BCUT2D eigenvalue weighted by Crippen LogP contribution is 2.45. The van der Waals surface area contributed by atoms with E-state index in [1.807, 2.05) is 41.7 Å². The summed E-state index contributed by atoms with van der Waals surface area (Å²) in [5.74, 6) is 0. The number of nitrogens with one attached hydrogen (secondary N) is 2. The van der Waals surface area contributed by atoms with Crippen LogP contribution in [0.25, 0.3) is 0 Å². The number of carbonyl (C=O) groups excluding carboxylic acids is 1. The second-order valence-electron chi connectivity index (χ2n) is 11.3. The van der Waals surface area contributed by atoms with Crippen molar-refractivity contribution in [1.82, 2.24) is 10.6 Å². The zero-order valence-electron chi connectivity index (χ0n) is 20.9. The van der Waals surface area contributed by atoms with Gasteiger partial charge >= 0.3 is 6.09 Å². The van der Waals surface area contributed by atoms with Crippen LogP contribution in [-0.2, 0) is 24.0 Å². The Labute approximate surface area is 202 Å². The molecule has 1 aliphatic rings. The third kappa shape index (κ3) is 7.56.